The Morgan fingerprint density at radius 3 is 1.21 bits per heavy atom. The zero-order valence-electron chi connectivity index (χ0n) is 41.8. The maximum atomic E-state index is 14.9. The molecule has 0 saturated carbocycles. The summed E-state index contributed by atoms with van der Waals surface area (Å²) in [4.78, 5) is 76.5. The number of ether oxygens (including phenoxy) is 2. The van der Waals surface area contributed by atoms with Gasteiger partial charge in [-0.3, -0.25) is 9.80 Å². The molecule has 4 amide bonds. The minimum absolute atomic E-state index is 0.300. The number of alkyl halides is 6. The van der Waals surface area contributed by atoms with E-state index in [0.29, 0.717) is 98.6 Å². The number of urea groups is 2. The molecule has 20 heteroatoms. The van der Waals surface area contributed by atoms with E-state index in [1.54, 1.807) is 46.2 Å². The standard InChI is InChI=1S/C58H52F6N6O8/c59-57(60,61)75-45-19-11-13-39(35-45)37-65-31-27-43(28-32-65)67-53(41-15-3-1-4-16-41)47-21-7-9-23-49(47)69(55(67)73)77-51(71)25-26-52(72)78-70-50-24-10-8-22-48(50)54(42-17-5-2-6-18-42)68(56(70)74)44-29-33-66(34-30-44)38-40-14-12-20-46(36-40)76-58(62,63)64/h1-26,35-36,43-44,53-54H,27-34,37-38H2/b26-25+. The van der Waals surface area contributed by atoms with Crippen LogP contribution < -0.4 is 19.6 Å². The van der Waals surface area contributed by atoms with Gasteiger partial charge in [-0.25, -0.2) is 19.2 Å². The highest BCUT2D eigenvalue weighted by Crippen LogP contribution is 2.45. The van der Waals surface area contributed by atoms with E-state index in [1.807, 2.05) is 84.9 Å². The molecular formula is C58H52F6N6O8. The van der Waals surface area contributed by atoms with Gasteiger partial charge in [0, 0.05) is 74.6 Å². The highest BCUT2D eigenvalue weighted by molar-refractivity contribution is 6.00. The second kappa shape index (κ2) is 22.7. The van der Waals surface area contributed by atoms with E-state index in [4.69, 9.17) is 9.68 Å². The van der Waals surface area contributed by atoms with Crippen molar-refractivity contribution in [1.29, 1.82) is 0 Å². The summed E-state index contributed by atoms with van der Waals surface area (Å²) >= 11 is 0. The van der Waals surface area contributed by atoms with Crippen LogP contribution in [0.5, 0.6) is 11.5 Å². The number of carbonyl (C=O) groups excluding carboxylic acids is 4. The van der Waals surface area contributed by atoms with Gasteiger partial charge in [-0.05, 0) is 84.3 Å². The number of benzene rings is 6. The van der Waals surface area contributed by atoms with E-state index in [-0.39, 0.29) is 23.6 Å². The summed E-state index contributed by atoms with van der Waals surface area (Å²) in [7, 11) is 0. The van der Waals surface area contributed by atoms with Crippen molar-refractivity contribution in [3.05, 3.63) is 203 Å². The molecule has 14 nitrogen and oxygen atoms in total. The molecule has 2 unspecified atom stereocenters. The Balaban J connectivity index is 0.843. The molecule has 4 heterocycles. The van der Waals surface area contributed by atoms with Crippen LogP contribution in [0.3, 0.4) is 0 Å². The number of amides is 4. The summed E-state index contributed by atoms with van der Waals surface area (Å²) in [5, 5.41) is 1.81. The fourth-order valence-corrected chi connectivity index (χ4v) is 10.9. The summed E-state index contributed by atoms with van der Waals surface area (Å²) in [6, 6.07) is 41.3. The second-order valence-electron chi connectivity index (χ2n) is 19.3. The number of anilines is 2. The molecule has 2 atom stereocenters. The van der Waals surface area contributed by atoms with E-state index in [1.165, 1.54) is 36.4 Å². The third-order valence-corrected chi connectivity index (χ3v) is 14.2. The Morgan fingerprint density at radius 2 is 0.833 bits per heavy atom. The van der Waals surface area contributed by atoms with Gasteiger partial charge < -0.3 is 28.9 Å². The van der Waals surface area contributed by atoms with Crippen molar-refractivity contribution in [2.24, 2.45) is 0 Å². The Hall–Kier alpha value is -8.36. The van der Waals surface area contributed by atoms with Gasteiger partial charge in [0.05, 0.1) is 23.5 Å². The van der Waals surface area contributed by atoms with Crippen LogP contribution in [0, 0.1) is 0 Å². The summed E-state index contributed by atoms with van der Waals surface area (Å²) in [6.45, 7) is 2.66. The maximum absolute atomic E-state index is 14.9. The third-order valence-electron chi connectivity index (χ3n) is 14.2. The predicted octanol–water partition coefficient (Wildman–Crippen LogP) is 11.6. The van der Waals surface area contributed by atoms with Crippen molar-refractivity contribution in [3.63, 3.8) is 0 Å². The van der Waals surface area contributed by atoms with E-state index >= 15 is 0 Å². The fraction of sp³-hybridized carbons (Fsp3) is 0.276. The molecule has 78 heavy (non-hydrogen) atoms. The summed E-state index contributed by atoms with van der Waals surface area (Å²) in [5.74, 6) is -2.82. The zero-order valence-corrected chi connectivity index (χ0v) is 41.8. The number of nitrogens with zero attached hydrogens (tertiary/aromatic N) is 6. The average Bonchev–Trinajstić information content (AvgIpc) is 3.57. The number of piperidine rings is 2. The van der Waals surface area contributed by atoms with Gasteiger partial charge in [0.2, 0.25) is 0 Å². The number of hydrogen-bond donors (Lipinski definition) is 0. The van der Waals surface area contributed by atoms with E-state index in [2.05, 4.69) is 19.3 Å². The quantitative estimate of drug-likeness (QED) is 0.0769. The number of para-hydroxylation sites is 2. The monoisotopic (exact) mass is 1070 g/mol. The Morgan fingerprint density at radius 1 is 0.474 bits per heavy atom. The van der Waals surface area contributed by atoms with E-state index in [0.717, 1.165) is 33.4 Å². The predicted molar refractivity (Wildman–Crippen MR) is 273 cm³/mol. The van der Waals surface area contributed by atoms with Gasteiger partial charge in [-0.15, -0.1) is 36.5 Å². The van der Waals surface area contributed by atoms with E-state index in [9.17, 15) is 45.5 Å². The van der Waals surface area contributed by atoms with Crippen LogP contribution in [-0.4, -0.2) is 94.6 Å². The molecule has 2 fully saturated rings. The number of hydroxylamine groups is 2. The number of likely N-dealkylation sites (tertiary alicyclic amines) is 2. The lowest BCUT2D eigenvalue weighted by atomic mass is 9.90. The number of rotatable bonds is 14. The minimum atomic E-state index is -4.83. The van der Waals surface area contributed by atoms with Crippen molar-refractivity contribution in [2.45, 2.75) is 75.7 Å². The van der Waals surface area contributed by atoms with Crippen LogP contribution in [0.1, 0.15) is 71.1 Å². The number of carbonyl (C=O) groups is 4. The normalized spacial score (nSPS) is 18.9. The van der Waals surface area contributed by atoms with Gasteiger partial charge in [0.15, 0.2) is 0 Å². The second-order valence-corrected chi connectivity index (χ2v) is 19.3. The fourth-order valence-electron chi connectivity index (χ4n) is 10.9. The number of halogens is 6. The Bertz CT molecular complexity index is 2940. The summed E-state index contributed by atoms with van der Waals surface area (Å²) < 4.78 is 86.1. The van der Waals surface area contributed by atoms with Gasteiger partial charge in [-0.1, -0.05) is 121 Å². The first kappa shape index (κ1) is 53.1. The zero-order chi connectivity index (χ0) is 54.6. The molecule has 6 aromatic carbocycles. The number of hydrogen-bond acceptors (Lipinski definition) is 10. The van der Waals surface area contributed by atoms with Crippen LogP contribution in [0.2, 0.25) is 0 Å². The van der Waals surface area contributed by atoms with Crippen molar-refractivity contribution in [1.82, 2.24) is 19.6 Å². The first-order valence-electron chi connectivity index (χ1n) is 25.3. The van der Waals surface area contributed by atoms with Crippen LogP contribution in [0.25, 0.3) is 0 Å². The lowest BCUT2D eigenvalue weighted by molar-refractivity contribution is -0.275. The van der Waals surface area contributed by atoms with Crippen LogP contribution in [-0.2, 0) is 32.4 Å². The highest BCUT2D eigenvalue weighted by atomic mass is 19.4. The van der Waals surface area contributed by atoms with Gasteiger partial charge in [0.25, 0.3) is 0 Å². The smallest absolute Gasteiger partial charge is 0.406 e. The van der Waals surface area contributed by atoms with Crippen molar-refractivity contribution in [2.75, 3.05) is 36.3 Å². The van der Waals surface area contributed by atoms with Crippen molar-refractivity contribution in [3.8, 4) is 11.5 Å². The molecule has 6 aromatic rings. The van der Waals surface area contributed by atoms with Crippen molar-refractivity contribution < 1.29 is 64.7 Å². The number of fused-ring (bicyclic) bond motifs is 2. The highest BCUT2D eigenvalue weighted by Gasteiger charge is 2.46. The molecule has 404 valence electrons. The molecule has 0 spiro atoms. The Labute approximate surface area is 445 Å². The van der Waals surface area contributed by atoms with Crippen molar-refractivity contribution >= 4 is 35.4 Å². The molecule has 4 aliphatic rings. The minimum Gasteiger partial charge on any atom is -0.406 e. The molecule has 0 radical (unpaired) electrons. The SMILES string of the molecule is O=C(/C=C/C(=O)ON1C(=O)N(C2CCN(Cc3cccc(OC(F)(F)F)c3)CC2)C(c2ccccc2)c2ccccc21)ON1C(=O)N(C2CCN(Cc3cccc(OC(F)(F)F)c3)CC2)C(c2ccccc2)c2ccccc21. The van der Waals surface area contributed by atoms with Crippen LogP contribution >= 0.6 is 0 Å². The van der Waals surface area contributed by atoms with Gasteiger partial charge in [0.1, 0.15) is 11.5 Å². The van der Waals surface area contributed by atoms with Gasteiger partial charge in [-0.2, -0.15) is 0 Å². The molecule has 10 rings (SSSR count). The average molecular weight is 1080 g/mol. The topological polar surface area (TPSA) is 125 Å². The molecule has 0 bridgehead atoms. The third kappa shape index (κ3) is 12.2. The lowest BCUT2D eigenvalue weighted by Gasteiger charge is -2.47. The molecule has 2 saturated heterocycles. The maximum Gasteiger partial charge on any atom is 0.573 e. The molecule has 0 N–H and O–H groups in total. The Kier molecular flexibility index (Phi) is 15.4. The van der Waals surface area contributed by atoms with Crippen LogP contribution in [0.4, 0.5) is 47.3 Å². The van der Waals surface area contributed by atoms with E-state index < -0.39 is 48.8 Å². The molecule has 4 aliphatic heterocycles. The largest absolute Gasteiger partial charge is 0.573 e. The van der Waals surface area contributed by atoms with Crippen LogP contribution in [0.15, 0.2) is 170 Å². The molecule has 0 aromatic heterocycles. The summed E-state index contributed by atoms with van der Waals surface area (Å²) in [5.41, 5.74) is 4.81. The molecule has 0 aliphatic carbocycles. The first-order chi connectivity index (χ1) is 37.5. The lowest BCUT2D eigenvalue weighted by Crippen LogP contribution is -2.56. The summed E-state index contributed by atoms with van der Waals surface area (Å²) in [6.07, 6.45) is -6.12. The van der Waals surface area contributed by atoms with Gasteiger partial charge >= 0.3 is 36.7 Å². The molecular weight excluding hydrogens is 1020 g/mol. The first-order valence-corrected chi connectivity index (χ1v) is 25.3.